The van der Waals surface area contributed by atoms with Gasteiger partial charge in [0.2, 0.25) is 0 Å². The lowest BCUT2D eigenvalue weighted by Crippen LogP contribution is -2.34. The highest BCUT2D eigenvalue weighted by molar-refractivity contribution is 6.00. The van der Waals surface area contributed by atoms with Crippen LogP contribution >= 0.6 is 0 Å². The van der Waals surface area contributed by atoms with Crippen molar-refractivity contribution in [2.24, 2.45) is 5.84 Å². The van der Waals surface area contributed by atoms with Crippen molar-refractivity contribution < 1.29 is 14.3 Å². The van der Waals surface area contributed by atoms with E-state index in [-0.39, 0.29) is 5.56 Å². The SMILES string of the molecule is COC(=O)c1ccccc1NC(=O)NN. The minimum Gasteiger partial charge on any atom is -0.465 e. The molecule has 0 aromatic heterocycles. The number of carbonyl (C=O) groups is 2. The van der Waals surface area contributed by atoms with Gasteiger partial charge in [0, 0.05) is 0 Å². The topological polar surface area (TPSA) is 93.4 Å². The number of rotatable bonds is 2. The van der Waals surface area contributed by atoms with Crippen molar-refractivity contribution in [1.82, 2.24) is 5.43 Å². The van der Waals surface area contributed by atoms with Crippen LogP contribution in [-0.4, -0.2) is 19.1 Å². The molecule has 0 saturated carbocycles. The summed E-state index contributed by atoms with van der Waals surface area (Å²) in [4.78, 5) is 22.2. The monoisotopic (exact) mass is 209 g/mol. The van der Waals surface area contributed by atoms with Crippen molar-refractivity contribution in [2.75, 3.05) is 12.4 Å². The first-order valence-electron chi connectivity index (χ1n) is 4.14. The average Bonchev–Trinajstić information content (AvgIpc) is 2.28. The highest BCUT2D eigenvalue weighted by Crippen LogP contribution is 2.15. The quantitative estimate of drug-likeness (QED) is 0.285. The number of benzene rings is 1. The van der Waals surface area contributed by atoms with Crippen molar-refractivity contribution in [3.63, 3.8) is 0 Å². The highest BCUT2D eigenvalue weighted by Gasteiger charge is 2.12. The third kappa shape index (κ3) is 2.68. The lowest BCUT2D eigenvalue weighted by molar-refractivity contribution is 0.0602. The van der Waals surface area contributed by atoms with Crippen LogP contribution in [0.2, 0.25) is 0 Å². The number of hydrogen-bond acceptors (Lipinski definition) is 4. The van der Waals surface area contributed by atoms with Crippen molar-refractivity contribution in [2.45, 2.75) is 0 Å². The number of nitrogens with two attached hydrogens (primary N) is 1. The molecule has 2 amide bonds. The lowest BCUT2D eigenvalue weighted by Gasteiger charge is -2.08. The molecule has 80 valence electrons. The van der Waals surface area contributed by atoms with E-state index in [4.69, 9.17) is 5.84 Å². The van der Waals surface area contributed by atoms with E-state index in [1.165, 1.54) is 13.2 Å². The van der Waals surface area contributed by atoms with Crippen molar-refractivity contribution in [3.8, 4) is 0 Å². The Labute approximate surface area is 86.4 Å². The summed E-state index contributed by atoms with van der Waals surface area (Å²) >= 11 is 0. The Balaban J connectivity index is 2.96. The second-order valence-corrected chi connectivity index (χ2v) is 2.64. The van der Waals surface area contributed by atoms with Crippen molar-refractivity contribution >= 4 is 17.7 Å². The van der Waals surface area contributed by atoms with Gasteiger partial charge in [0.25, 0.3) is 0 Å². The van der Waals surface area contributed by atoms with E-state index in [0.29, 0.717) is 5.69 Å². The average molecular weight is 209 g/mol. The molecule has 0 spiro atoms. The molecule has 0 radical (unpaired) electrons. The number of hydrogen-bond donors (Lipinski definition) is 3. The molecule has 1 aromatic carbocycles. The smallest absolute Gasteiger partial charge is 0.339 e. The molecule has 0 bridgehead atoms. The van der Waals surface area contributed by atoms with E-state index in [9.17, 15) is 9.59 Å². The Morgan fingerprint density at radius 3 is 2.60 bits per heavy atom. The number of urea groups is 1. The molecule has 1 rings (SSSR count). The van der Waals surface area contributed by atoms with E-state index in [1.807, 2.05) is 5.43 Å². The fraction of sp³-hybridized carbons (Fsp3) is 0.111. The second-order valence-electron chi connectivity index (χ2n) is 2.64. The van der Waals surface area contributed by atoms with Crippen molar-refractivity contribution in [1.29, 1.82) is 0 Å². The molecule has 0 atom stereocenters. The van der Waals surface area contributed by atoms with E-state index in [2.05, 4.69) is 10.1 Å². The fourth-order valence-corrected chi connectivity index (χ4v) is 1.04. The molecular weight excluding hydrogens is 198 g/mol. The predicted molar refractivity (Wildman–Crippen MR) is 54.1 cm³/mol. The zero-order valence-electron chi connectivity index (χ0n) is 8.11. The fourth-order valence-electron chi connectivity index (χ4n) is 1.04. The Hall–Kier alpha value is -2.08. The first kappa shape index (κ1) is 11.0. The summed E-state index contributed by atoms with van der Waals surface area (Å²) in [6, 6.07) is 5.85. The molecule has 4 N–H and O–H groups in total. The van der Waals surface area contributed by atoms with E-state index < -0.39 is 12.0 Å². The first-order chi connectivity index (χ1) is 7.19. The standard InChI is InChI=1S/C9H11N3O3/c1-15-8(13)6-4-2-3-5-7(6)11-9(14)12-10/h2-5H,10H2,1H3,(H2,11,12,14). The van der Waals surface area contributed by atoms with Crippen LogP contribution in [0, 0.1) is 0 Å². The normalized spacial score (nSPS) is 9.20. The van der Waals surface area contributed by atoms with Gasteiger partial charge in [-0.25, -0.2) is 15.4 Å². The van der Waals surface area contributed by atoms with Gasteiger partial charge in [0.05, 0.1) is 18.4 Å². The second kappa shape index (κ2) is 4.97. The van der Waals surface area contributed by atoms with Crippen LogP contribution in [0.3, 0.4) is 0 Å². The molecule has 6 nitrogen and oxygen atoms in total. The highest BCUT2D eigenvalue weighted by atomic mass is 16.5. The summed E-state index contributed by atoms with van der Waals surface area (Å²) in [6.07, 6.45) is 0. The number of esters is 1. The number of amides is 2. The van der Waals surface area contributed by atoms with Crippen LogP contribution in [0.25, 0.3) is 0 Å². The lowest BCUT2D eigenvalue weighted by atomic mass is 10.2. The van der Waals surface area contributed by atoms with Gasteiger partial charge in [0.15, 0.2) is 0 Å². The van der Waals surface area contributed by atoms with Gasteiger partial charge < -0.3 is 10.1 Å². The number of carbonyl (C=O) groups excluding carboxylic acids is 2. The van der Waals surface area contributed by atoms with E-state index in [1.54, 1.807) is 18.2 Å². The van der Waals surface area contributed by atoms with Gasteiger partial charge in [-0.3, -0.25) is 5.43 Å². The summed E-state index contributed by atoms with van der Waals surface area (Å²) in [5, 5.41) is 2.40. The zero-order valence-corrected chi connectivity index (χ0v) is 8.11. The Bertz CT molecular complexity index is 379. The minimum absolute atomic E-state index is 0.267. The molecule has 0 unspecified atom stereocenters. The zero-order chi connectivity index (χ0) is 11.3. The summed E-state index contributed by atoms with van der Waals surface area (Å²) < 4.78 is 4.55. The van der Waals surface area contributed by atoms with E-state index >= 15 is 0 Å². The number of methoxy groups -OCH3 is 1. The van der Waals surface area contributed by atoms with Gasteiger partial charge in [-0.05, 0) is 12.1 Å². The summed E-state index contributed by atoms with van der Waals surface area (Å²) in [6.45, 7) is 0. The van der Waals surface area contributed by atoms with Crippen LogP contribution in [-0.2, 0) is 4.74 Å². The molecule has 0 aliphatic carbocycles. The molecular formula is C9H11N3O3. The number of hydrazine groups is 1. The number of nitrogens with one attached hydrogen (secondary N) is 2. The Morgan fingerprint density at radius 1 is 1.33 bits per heavy atom. The maximum Gasteiger partial charge on any atom is 0.339 e. The van der Waals surface area contributed by atoms with Crippen LogP contribution in [0.1, 0.15) is 10.4 Å². The molecule has 6 heteroatoms. The van der Waals surface area contributed by atoms with E-state index in [0.717, 1.165) is 0 Å². The third-order valence-corrected chi connectivity index (χ3v) is 1.71. The first-order valence-corrected chi connectivity index (χ1v) is 4.14. The molecule has 0 saturated heterocycles. The Morgan fingerprint density at radius 2 is 2.00 bits per heavy atom. The number of anilines is 1. The minimum atomic E-state index is -0.605. The molecule has 1 aromatic rings. The van der Waals surface area contributed by atoms with Gasteiger partial charge in [0.1, 0.15) is 0 Å². The maximum atomic E-state index is 11.3. The molecule has 0 aliphatic heterocycles. The number of ether oxygens (including phenoxy) is 1. The summed E-state index contributed by atoms with van der Waals surface area (Å²) in [5.74, 6) is 4.38. The molecule has 15 heavy (non-hydrogen) atoms. The summed E-state index contributed by atoms with van der Waals surface area (Å²) in [5.41, 5.74) is 2.50. The predicted octanol–water partition coefficient (Wildman–Crippen LogP) is 0.468. The Kier molecular flexibility index (Phi) is 3.64. The third-order valence-electron chi connectivity index (χ3n) is 1.71. The van der Waals surface area contributed by atoms with Crippen molar-refractivity contribution in [3.05, 3.63) is 29.8 Å². The van der Waals surface area contributed by atoms with Gasteiger partial charge in [-0.15, -0.1) is 0 Å². The van der Waals surface area contributed by atoms with Gasteiger partial charge >= 0.3 is 12.0 Å². The maximum absolute atomic E-state index is 11.3. The summed E-state index contributed by atoms with van der Waals surface area (Å²) in [7, 11) is 1.27. The van der Waals surface area contributed by atoms with Crippen LogP contribution in [0.5, 0.6) is 0 Å². The molecule has 0 aliphatic rings. The largest absolute Gasteiger partial charge is 0.465 e. The molecule has 0 heterocycles. The molecule has 0 fully saturated rings. The number of para-hydroxylation sites is 1. The van der Waals surface area contributed by atoms with Crippen LogP contribution < -0.4 is 16.6 Å². The van der Waals surface area contributed by atoms with Crippen LogP contribution in [0.4, 0.5) is 10.5 Å². The van der Waals surface area contributed by atoms with Gasteiger partial charge in [-0.2, -0.15) is 0 Å². The van der Waals surface area contributed by atoms with Gasteiger partial charge in [-0.1, -0.05) is 12.1 Å². The van der Waals surface area contributed by atoms with Crippen LogP contribution in [0.15, 0.2) is 24.3 Å².